The summed E-state index contributed by atoms with van der Waals surface area (Å²) < 4.78 is 27.0. The fraction of sp³-hybridized carbons (Fsp3) is 0.302. The van der Waals surface area contributed by atoms with E-state index in [1.165, 1.54) is 88.4 Å². The van der Waals surface area contributed by atoms with Gasteiger partial charge < -0.3 is 39.4 Å². The summed E-state index contributed by atoms with van der Waals surface area (Å²) in [6.45, 7) is 17.7. The van der Waals surface area contributed by atoms with E-state index in [4.69, 9.17) is 18.9 Å². The van der Waals surface area contributed by atoms with Gasteiger partial charge >= 0.3 is 0 Å². The van der Waals surface area contributed by atoms with Crippen molar-refractivity contribution in [1.29, 1.82) is 21.0 Å². The first-order valence-corrected chi connectivity index (χ1v) is 43.0. The number of benzene rings is 10. The van der Waals surface area contributed by atoms with Crippen LogP contribution in [0.5, 0.6) is 23.0 Å². The average molecular weight is 1590 g/mol. The molecule has 612 valence electrons. The van der Waals surface area contributed by atoms with E-state index in [0.717, 1.165) is 117 Å². The van der Waals surface area contributed by atoms with Gasteiger partial charge in [0.25, 0.3) is 11.8 Å². The molecular formula is C106H112N8O6. The van der Waals surface area contributed by atoms with Gasteiger partial charge in [-0.05, 0) is 200 Å². The zero-order chi connectivity index (χ0) is 84.2. The number of nitrogens with one attached hydrogen (secondary N) is 2. The highest BCUT2D eigenvalue weighted by Gasteiger charge is 2.24. The van der Waals surface area contributed by atoms with Crippen molar-refractivity contribution in [2.75, 3.05) is 73.0 Å². The van der Waals surface area contributed by atoms with E-state index in [-0.39, 0.29) is 25.0 Å². The van der Waals surface area contributed by atoms with Crippen LogP contribution in [0.1, 0.15) is 243 Å². The number of amides is 2. The molecule has 0 spiro atoms. The third-order valence-electron chi connectivity index (χ3n) is 21.6. The Labute approximate surface area is 711 Å². The quantitative estimate of drug-likeness (QED) is 0.0273. The summed E-state index contributed by atoms with van der Waals surface area (Å²) in [5.41, 5.74) is 18.9. The minimum Gasteiger partial charge on any atom is -0.493 e. The zero-order valence-electron chi connectivity index (χ0n) is 70.6. The van der Waals surface area contributed by atoms with Gasteiger partial charge in [0.1, 0.15) is 23.0 Å². The summed E-state index contributed by atoms with van der Waals surface area (Å²) in [5.74, 6) is 1.98. The van der Waals surface area contributed by atoms with Crippen LogP contribution in [0.15, 0.2) is 194 Å². The van der Waals surface area contributed by atoms with Gasteiger partial charge in [-0.3, -0.25) is 9.59 Å². The Kier molecular flexibility index (Phi) is 33.7. The largest absolute Gasteiger partial charge is 0.493 e. The van der Waals surface area contributed by atoms with E-state index in [1.54, 1.807) is 24.3 Å². The minimum absolute atomic E-state index is 0.279. The molecule has 10 aromatic carbocycles. The number of fused-ring (bicyclic) bond motifs is 8. The Bertz CT molecular complexity index is 4960. The van der Waals surface area contributed by atoms with E-state index in [2.05, 4.69) is 159 Å². The molecule has 14 nitrogen and oxygen atoms in total. The van der Waals surface area contributed by atoms with Crippen LogP contribution < -0.4 is 39.4 Å². The summed E-state index contributed by atoms with van der Waals surface area (Å²) >= 11 is 0. The molecule has 0 unspecified atom stereocenters. The van der Waals surface area contributed by atoms with Crippen LogP contribution in [0.25, 0.3) is 48.6 Å². The predicted molar refractivity (Wildman–Crippen MR) is 493 cm³/mol. The zero-order valence-corrected chi connectivity index (χ0v) is 70.6. The van der Waals surface area contributed by atoms with Crippen LogP contribution in [0, 0.1) is 45.3 Å². The lowest BCUT2D eigenvalue weighted by molar-refractivity contribution is -0.118. The Morgan fingerprint density at radius 1 is 0.317 bits per heavy atom. The lowest BCUT2D eigenvalue weighted by Gasteiger charge is -2.25. The number of unbranched alkanes of at least 4 members (excludes halogenated alkanes) is 8. The van der Waals surface area contributed by atoms with Crippen molar-refractivity contribution in [3.63, 3.8) is 0 Å². The molecule has 0 heterocycles. The Morgan fingerprint density at radius 3 is 0.792 bits per heavy atom. The number of hydrogen-bond donors (Lipinski definition) is 2. The Balaban J connectivity index is 0.762. The molecule has 1 aliphatic rings. The number of hydrogen-bond acceptors (Lipinski definition) is 12. The van der Waals surface area contributed by atoms with Crippen LogP contribution in [0.4, 0.5) is 22.7 Å². The SMILES string of the molecule is CCCCCN(CCCCC)c1ccc(/C=C/c2cc(C#N)c(/C=C/c3ccc(NC(=O)COc4c5cccc4Cc4cccc(c4OCCC)Cc4cccc(c4OCC(=O)Nc4ccc(/C=C/c6cc(C#N)c(/C=C/c7ccc(N(CCCCC)CCCCC)cc7)cc6C#N)cc4)Cc4cccc(c4OCCC)C5)cc3)cc2C#N)cc1. The maximum absolute atomic E-state index is 14.1. The lowest BCUT2D eigenvalue weighted by Crippen LogP contribution is -2.25. The van der Waals surface area contributed by atoms with E-state index in [1.807, 2.05) is 146 Å². The van der Waals surface area contributed by atoms with Gasteiger partial charge in [-0.15, -0.1) is 0 Å². The number of rotatable bonds is 40. The molecule has 0 saturated heterocycles. The monoisotopic (exact) mass is 1590 g/mol. The normalized spacial score (nSPS) is 11.8. The highest BCUT2D eigenvalue weighted by molar-refractivity contribution is 5.93. The van der Waals surface area contributed by atoms with Gasteiger partial charge in [0.05, 0.1) is 59.7 Å². The van der Waals surface area contributed by atoms with Crippen LogP contribution in [-0.2, 0) is 35.3 Å². The van der Waals surface area contributed by atoms with Gasteiger partial charge in [0.15, 0.2) is 13.2 Å². The molecule has 0 aliphatic heterocycles. The van der Waals surface area contributed by atoms with Crippen molar-refractivity contribution in [3.8, 4) is 47.3 Å². The van der Waals surface area contributed by atoms with Gasteiger partial charge in [0.2, 0.25) is 0 Å². The highest BCUT2D eigenvalue weighted by Crippen LogP contribution is 2.40. The number of nitrogens with zero attached hydrogens (tertiary/aromatic N) is 6. The number of ether oxygens (including phenoxy) is 4. The molecule has 14 heteroatoms. The third-order valence-corrected chi connectivity index (χ3v) is 21.6. The summed E-state index contributed by atoms with van der Waals surface area (Å²) in [4.78, 5) is 33.3. The van der Waals surface area contributed by atoms with E-state index in [9.17, 15) is 30.6 Å². The lowest BCUT2D eigenvalue weighted by atomic mass is 9.91. The van der Waals surface area contributed by atoms with Crippen LogP contribution in [0.3, 0.4) is 0 Å². The van der Waals surface area contributed by atoms with Crippen molar-refractivity contribution in [3.05, 3.63) is 305 Å². The molecular weight excluding hydrogens is 1480 g/mol. The molecule has 10 aromatic rings. The highest BCUT2D eigenvalue weighted by atomic mass is 16.5. The second-order valence-electron chi connectivity index (χ2n) is 30.8. The van der Waals surface area contributed by atoms with E-state index in [0.29, 0.717) is 106 Å². The second kappa shape index (κ2) is 46.1. The molecule has 0 radical (unpaired) electrons. The molecule has 11 rings (SSSR count). The number of para-hydroxylation sites is 4. The smallest absolute Gasteiger partial charge is 0.262 e. The first-order chi connectivity index (χ1) is 58.8. The maximum Gasteiger partial charge on any atom is 0.262 e. The molecule has 2 N–H and O–H groups in total. The molecule has 120 heavy (non-hydrogen) atoms. The molecule has 0 fully saturated rings. The van der Waals surface area contributed by atoms with E-state index < -0.39 is 0 Å². The fourth-order valence-electron chi connectivity index (χ4n) is 15.2. The van der Waals surface area contributed by atoms with Gasteiger partial charge in [-0.25, -0.2) is 0 Å². The van der Waals surface area contributed by atoms with Gasteiger partial charge in [-0.2, -0.15) is 21.0 Å². The summed E-state index contributed by atoms with van der Waals surface area (Å²) in [7, 11) is 0. The van der Waals surface area contributed by atoms with Crippen molar-refractivity contribution in [2.45, 2.75) is 157 Å². The molecule has 0 saturated carbocycles. The van der Waals surface area contributed by atoms with Crippen LogP contribution in [-0.4, -0.2) is 64.4 Å². The standard InChI is InChI=1S/C106H112N8O6/c1-7-13-17-57-113(58-18-14-8-2)99-53-41-79(42-54-99)35-47-83-65-93(71-107)81(63-95(83)73-109)45-33-77-37-49-97(50-38-77)111-101(115)75-119-105-89-29-23-30-90(105)68-86-26-22-28-88(104(86)118-62-12-6)70-92-32-24-31-91(69-87-27-21-25-85(67-89)103(87)117-61-11-5)106(92)120-76-102(116)112-98-51-39-78(40-52-98)34-46-82-64-96(74-110)84(66-94(82)72-108)48-36-80-43-55-100(56-44-80)114(59-19-15-9-3)60-20-16-10-4/h21-56,63-66H,7-20,57-62,67-70,75-76H2,1-6H3,(H,111,115)(H,112,116)/b45-33+,46-34+,47-35+,48-36+. The van der Waals surface area contributed by atoms with Gasteiger partial charge in [0, 0.05) is 74.6 Å². The number of anilines is 4. The van der Waals surface area contributed by atoms with Crippen molar-refractivity contribution in [1.82, 2.24) is 0 Å². The molecule has 0 atom stereocenters. The average Bonchev–Trinajstić information content (AvgIpc) is 0.768. The second-order valence-corrected chi connectivity index (χ2v) is 30.8. The number of nitriles is 4. The maximum atomic E-state index is 14.1. The van der Waals surface area contributed by atoms with Crippen LogP contribution >= 0.6 is 0 Å². The van der Waals surface area contributed by atoms with Gasteiger partial charge in [-0.1, -0.05) is 263 Å². The molecule has 2 amide bonds. The minimum atomic E-state index is -0.346. The Morgan fingerprint density at radius 2 is 0.558 bits per heavy atom. The molecule has 8 bridgehead atoms. The first kappa shape index (κ1) is 87.7. The molecule has 0 aromatic heterocycles. The van der Waals surface area contributed by atoms with Crippen molar-refractivity contribution < 1.29 is 28.5 Å². The van der Waals surface area contributed by atoms with E-state index >= 15 is 0 Å². The summed E-state index contributed by atoms with van der Waals surface area (Å²) in [5, 5.41) is 47.4. The molecule has 1 aliphatic carbocycles. The third kappa shape index (κ3) is 25.0. The van der Waals surface area contributed by atoms with Crippen LogP contribution in [0.2, 0.25) is 0 Å². The van der Waals surface area contributed by atoms with Crippen molar-refractivity contribution in [2.24, 2.45) is 0 Å². The topological polar surface area (TPSA) is 197 Å². The Hall–Kier alpha value is -13.1. The number of carbonyl (C=O) groups is 2. The first-order valence-electron chi connectivity index (χ1n) is 43.0. The predicted octanol–water partition coefficient (Wildman–Crippen LogP) is 24.5. The number of carbonyl (C=O) groups excluding carboxylic acids is 2. The summed E-state index contributed by atoms with van der Waals surface area (Å²) in [6, 6.07) is 73.1. The fourth-order valence-corrected chi connectivity index (χ4v) is 15.2. The summed E-state index contributed by atoms with van der Waals surface area (Å²) in [6.07, 6.45) is 32.8. The van der Waals surface area contributed by atoms with Crippen molar-refractivity contribution >= 4 is 83.2 Å².